The summed E-state index contributed by atoms with van der Waals surface area (Å²) in [5, 5.41) is 8.96. The fraction of sp³-hybridized carbons (Fsp3) is 0.200. The van der Waals surface area contributed by atoms with Crippen LogP contribution in [0.4, 0.5) is 22.7 Å². The van der Waals surface area contributed by atoms with Gasteiger partial charge in [-0.15, -0.1) is 0 Å². The Kier molecular flexibility index (Phi) is 2.71. The molecule has 2 N–H and O–H groups in total. The molecule has 1 aromatic heterocycles. The van der Waals surface area contributed by atoms with Gasteiger partial charge in [0, 0.05) is 0 Å². The first-order chi connectivity index (χ1) is 11.7. The summed E-state index contributed by atoms with van der Waals surface area (Å²) in [5.74, 6) is 0.988. The van der Waals surface area contributed by atoms with Crippen LogP contribution in [0, 0.1) is 11.8 Å². The third-order valence-corrected chi connectivity index (χ3v) is 5.00. The molecule has 2 aromatic carbocycles. The van der Waals surface area contributed by atoms with Crippen LogP contribution in [0.25, 0.3) is 23.2 Å². The van der Waals surface area contributed by atoms with E-state index in [2.05, 4.69) is 60.9 Å². The highest BCUT2D eigenvalue weighted by Crippen LogP contribution is 2.39. The number of aromatic nitrogens is 2. The van der Waals surface area contributed by atoms with Gasteiger partial charge in [-0.05, 0) is 36.1 Å². The monoisotopic (exact) mass is 314 g/mol. The normalized spacial score (nSPS) is 20.6. The van der Waals surface area contributed by atoms with Crippen LogP contribution in [-0.2, 0) is 0 Å². The van der Waals surface area contributed by atoms with E-state index in [-0.39, 0.29) is 0 Å². The number of benzene rings is 2. The van der Waals surface area contributed by atoms with E-state index in [4.69, 9.17) is 9.97 Å². The lowest BCUT2D eigenvalue weighted by Crippen LogP contribution is -2.36. The van der Waals surface area contributed by atoms with Crippen molar-refractivity contribution >= 4 is 45.9 Å². The average molecular weight is 314 g/mol. The van der Waals surface area contributed by atoms with Crippen LogP contribution in [-0.4, -0.2) is 9.97 Å². The van der Waals surface area contributed by atoms with Crippen LogP contribution in [0.3, 0.4) is 0 Å². The van der Waals surface area contributed by atoms with Crippen molar-refractivity contribution in [1.29, 1.82) is 0 Å². The molecule has 4 nitrogen and oxygen atoms in total. The second kappa shape index (κ2) is 4.81. The summed E-state index contributed by atoms with van der Waals surface area (Å²) in [4.78, 5) is 9.70. The van der Waals surface area contributed by atoms with Crippen LogP contribution in [0.2, 0.25) is 0 Å². The maximum Gasteiger partial charge on any atom is 0.0916 e. The fourth-order valence-electron chi connectivity index (χ4n) is 3.38. The zero-order chi connectivity index (χ0) is 16.3. The number of hydrogen-bond acceptors (Lipinski definition) is 4. The summed E-state index contributed by atoms with van der Waals surface area (Å²) in [6.45, 7) is 4.45. The molecule has 4 heteroatoms. The zero-order valence-corrected chi connectivity index (χ0v) is 13.7. The average Bonchev–Trinajstić information content (AvgIpc) is 2.58. The molecular weight excluding hydrogens is 296 g/mol. The van der Waals surface area contributed by atoms with Crippen molar-refractivity contribution in [1.82, 2.24) is 9.97 Å². The Morgan fingerprint density at radius 1 is 0.708 bits per heavy atom. The molecule has 5 rings (SSSR count). The molecule has 2 aliphatic rings. The van der Waals surface area contributed by atoms with Gasteiger partial charge in [0.1, 0.15) is 0 Å². The van der Waals surface area contributed by atoms with E-state index in [9.17, 15) is 0 Å². The van der Waals surface area contributed by atoms with E-state index < -0.39 is 0 Å². The smallest absolute Gasteiger partial charge is 0.0916 e. The molecule has 3 aromatic rings. The molecule has 2 atom stereocenters. The van der Waals surface area contributed by atoms with Crippen molar-refractivity contribution in [3.05, 3.63) is 47.1 Å². The molecule has 0 spiro atoms. The van der Waals surface area contributed by atoms with Crippen molar-refractivity contribution in [2.45, 2.75) is 13.8 Å². The molecular formula is C20H18N4. The van der Waals surface area contributed by atoms with E-state index in [1.807, 2.05) is 12.1 Å². The number of anilines is 4. The molecule has 1 aliphatic heterocycles. The van der Waals surface area contributed by atoms with Gasteiger partial charge in [0.15, 0.2) is 0 Å². The van der Waals surface area contributed by atoms with Gasteiger partial charge in [0.2, 0.25) is 0 Å². The van der Waals surface area contributed by atoms with Gasteiger partial charge in [0.25, 0.3) is 0 Å². The highest BCUT2D eigenvalue weighted by molar-refractivity contribution is 5.96. The van der Waals surface area contributed by atoms with Gasteiger partial charge in [-0.1, -0.05) is 38.1 Å². The highest BCUT2D eigenvalue weighted by Gasteiger charge is 2.17. The number of rotatable bonds is 0. The molecule has 0 radical (unpaired) electrons. The van der Waals surface area contributed by atoms with Gasteiger partial charge in [0.05, 0.1) is 44.5 Å². The van der Waals surface area contributed by atoms with Crippen LogP contribution in [0.5, 0.6) is 0 Å². The number of hydrogen-bond donors (Lipinski definition) is 2. The summed E-state index contributed by atoms with van der Waals surface area (Å²) < 4.78 is 0. The first-order valence-corrected chi connectivity index (χ1v) is 8.36. The lowest BCUT2D eigenvalue weighted by Gasteiger charge is -2.23. The molecule has 0 amide bonds. The van der Waals surface area contributed by atoms with Crippen LogP contribution in [0.1, 0.15) is 13.8 Å². The van der Waals surface area contributed by atoms with Crippen molar-refractivity contribution in [3.8, 4) is 0 Å². The van der Waals surface area contributed by atoms with Gasteiger partial charge < -0.3 is 10.6 Å². The van der Waals surface area contributed by atoms with E-state index >= 15 is 0 Å². The Morgan fingerprint density at radius 2 is 1.17 bits per heavy atom. The van der Waals surface area contributed by atoms with E-state index in [0.717, 1.165) is 44.5 Å². The maximum atomic E-state index is 4.85. The standard InChI is InChI=1S/C20H18N4/c1-11-7-15-16(8-12(11)2)24-20-10-18-17(9-19(20)23-15)21-13-5-3-4-6-14(13)22-18/h3-12,21-22H,1-2H3. The van der Waals surface area contributed by atoms with Crippen LogP contribution in [0.15, 0.2) is 36.4 Å². The molecule has 0 fully saturated rings. The van der Waals surface area contributed by atoms with Crippen LogP contribution >= 0.6 is 0 Å². The van der Waals surface area contributed by atoms with Crippen molar-refractivity contribution < 1.29 is 0 Å². The third kappa shape index (κ3) is 1.99. The summed E-state index contributed by atoms with van der Waals surface area (Å²) in [5.41, 5.74) is 6.09. The number of para-hydroxylation sites is 2. The van der Waals surface area contributed by atoms with Gasteiger partial charge in [-0.3, -0.25) is 0 Å². The van der Waals surface area contributed by atoms with Gasteiger partial charge in [-0.2, -0.15) is 0 Å². The third-order valence-electron chi connectivity index (χ3n) is 5.00. The second-order valence-corrected chi connectivity index (χ2v) is 6.73. The predicted octanol–water partition coefficient (Wildman–Crippen LogP) is 3.28. The largest absolute Gasteiger partial charge is 0.352 e. The SMILES string of the molecule is CC1C=c2nc3cc4c(cc3nc2=CC1C)Nc1ccccc1N4. The molecule has 2 unspecified atom stereocenters. The van der Waals surface area contributed by atoms with E-state index in [1.54, 1.807) is 0 Å². The van der Waals surface area contributed by atoms with Crippen LogP contribution < -0.4 is 21.3 Å². The first-order valence-electron chi connectivity index (χ1n) is 8.36. The second-order valence-electron chi connectivity index (χ2n) is 6.73. The Labute approximate surface area is 140 Å². The van der Waals surface area contributed by atoms with Crippen molar-refractivity contribution in [2.75, 3.05) is 10.6 Å². The minimum absolute atomic E-state index is 0.494. The van der Waals surface area contributed by atoms with Crippen molar-refractivity contribution in [2.24, 2.45) is 11.8 Å². The predicted molar refractivity (Wildman–Crippen MR) is 99.1 cm³/mol. The number of fused-ring (bicyclic) bond motifs is 4. The Morgan fingerprint density at radius 3 is 1.62 bits per heavy atom. The maximum absolute atomic E-state index is 4.85. The number of nitrogens with zero attached hydrogens (tertiary/aromatic N) is 2. The lowest BCUT2D eigenvalue weighted by molar-refractivity contribution is 0.604. The number of nitrogens with one attached hydrogen (secondary N) is 2. The Balaban J connectivity index is 1.72. The molecule has 0 bridgehead atoms. The minimum atomic E-state index is 0.494. The lowest BCUT2D eigenvalue weighted by atomic mass is 9.92. The molecule has 2 heterocycles. The summed E-state index contributed by atoms with van der Waals surface area (Å²) >= 11 is 0. The summed E-state index contributed by atoms with van der Waals surface area (Å²) in [7, 11) is 0. The molecule has 0 saturated heterocycles. The van der Waals surface area contributed by atoms with E-state index in [1.165, 1.54) is 0 Å². The minimum Gasteiger partial charge on any atom is -0.352 e. The molecule has 118 valence electrons. The van der Waals surface area contributed by atoms with Gasteiger partial charge in [-0.25, -0.2) is 9.97 Å². The highest BCUT2D eigenvalue weighted by atomic mass is 15.0. The first kappa shape index (κ1) is 13.5. The quantitative estimate of drug-likeness (QED) is 0.523. The topological polar surface area (TPSA) is 49.8 Å². The van der Waals surface area contributed by atoms with Gasteiger partial charge >= 0.3 is 0 Å². The van der Waals surface area contributed by atoms with E-state index in [0.29, 0.717) is 11.8 Å². The van der Waals surface area contributed by atoms with Crippen molar-refractivity contribution in [3.63, 3.8) is 0 Å². The molecule has 0 saturated carbocycles. The molecule has 1 aliphatic carbocycles. The summed E-state index contributed by atoms with van der Waals surface area (Å²) in [6, 6.07) is 12.4. The zero-order valence-electron chi connectivity index (χ0n) is 13.7. The fourth-order valence-corrected chi connectivity index (χ4v) is 3.38. The molecule has 24 heavy (non-hydrogen) atoms. The summed E-state index contributed by atoms with van der Waals surface area (Å²) in [6.07, 6.45) is 4.46. The Hall–Kier alpha value is -2.88. The Bertz CT molecular complexity index is 1010.